The molecule has 1 saturated heterocycles. The van der Waals surface area contributed by atoms with E-state index in [1.165, 1.54) is 0 Å². The minimum absolute atomic E-state index is 0.0481. The number of urea groups is 1. The molecule has 20 heavy (non-hydrogen) atoms. The van der Waals surface area contributed by atoms with Gasteiger partial charge in [-0.15, -0.1) is 0 Å². The number of nitrogens with zero attached hydrogens (tertiary/aromatic N) is 1. The Morgan fingerprint density at radius 3 is 2.40 bits per heavy atom. The number of carbonyl (C=O) groups excluding carboxylic acids is 4. The number of hydrogen-bond acceptors (Lipinski definition) is 4. The lowest BCUT2D eigenvalue weighted by Crippen LogP contribution is -2.59. The lowest BCUT2D eigenvalue weighted by Gasteiger charge is -2.29. The van der Waals surface area contributed by atoms with E-state index in [0.29, 0.717) is 0 Å². The Kier molecular flexibility index (Phi) is 5.19. The molecule has 1 N–H and O–H groups in total. The Morgan fingerprint density at radius 2 is 1.90 bits per heavy atom. The first-order chi connectivity index (χ1) is 9.23. The molecule has 1 rings (SSSR count). The number of rotatable bonds is 5. The van der Waals surface area contributed by atoms with Gasteiger partial charge < -0.3 is 0 Å². The Balaban J connectivity index is 2.93. The highest BCUT2D eigenvalue weighted by molar-refractivity contribution is 6.26. The molecule has 0 aromatic rings. The summed E-state index contributed by atoms with van der Waals surface area (Å²) in [6.07, 6.45) is 1.83. The standard InChI is InChI=1S/C14H20N2O4/c1-8(2)5-6-16-13(19)11(10(17)7-9(3)4)12(18)15-14(16)20/h5,9,11H,6-7H2,1-4H3,(H,15,18,20). The number of imide groups is 2. The topological polar surface area (TPSA) is 83.6 Å². The summed E-state index contributed by atoms with van der Waals surface area (Å²) in [6, 6.07) is -0.772. The molecule has 0 spiro atoms. The predicted molar refractivity (Wildman–Crippen MR) is 72.6 cm³/mol. The second kappa shape index (κ2) is 6.45. The second-order valence-corrected chi connectivity index (χ2v) is 5.52. The molecule has 1 aliphatic rings. The molecule has 0 aromatic heterocycles. The molecule has 0 aliphatic carbocycles. The Labute approximate surface area is 118 Å². The Hall–Kier alpha value is -1.98. The van der Waals surface area contributed by atoms with E-state index < -0.39 is 29.5 Å². The summed E-state index contributed by atoms with van der Waals surface area (Å²) in [4.78, 5) is 48.4. The van der Waals surface area contributed by atoms with Crippen molar-refractivity contribution in [2.75, 3.05) is 6.54 Å². The van der Waals surface area contributed by atoms with Gasteiger partial charge in [-0.3, -0.25) is 24.6 Å². The van der Waals surface area contributed by atoms with Gasteiger partial charge in [-0.05, 0) is 19.8 Å². The van der Waals surface area contributed by atoms with Crippen molar-refractivity contribution in [3.8, 4) is 0 Å². The van der Waals surface area contributed by atoms with E-state index in [9.17, 15) is 19.2 Å². The fourth-order valence-electron chi connectivity index (χ4n) is 1.86. The number of carbonyl (C=O) groups is 4. The number of Topliss-reactive ketones (excluding diaryl/α,β-unsaturated/α-hetero) is 1. The molecular formula is C14H20N2O4. The molecule has 0 aromatic carbocycles. The van der Waals surface area contributed by atoms with E-state index in [-0.39, 0.29) is 18.9 Å². The molecule has 6 nitrogen and oxygen atoms in total. The second-order valence-electron chi connectivity index (χ2n) is 5.52. The molecule has 6 heteroatoms. The molecule has 110 valence electrons. The smallest absolute Gasteiger partial charge is 0.298 e. The Morgan fingerprint density at radius 1 is 1.30 bits per heavy atom. The van der Waals surface area contributed by atoms with Crippen LogP contribution in [0.15, 0.2) is 11.6 Å². The summed E-state index contributed by atoms with van der Waals surface area (Å²) >= 11 is 0. The maximum absolute atomic E-state index is 12.2. The molecule has 0 radical (unpaired) electrons. The zero-order valence-corrected chi connectivity index (χ0v) is 12.2. The number of hydrogen-bond donors (Lipinski definition) is 1. The minimum atomic E-state index is -1.40. The van der Waals surface area contributed by atoms with E-state index in [4.69, 9.17) is 0 Å². The summed E-state index contributed by atoms with van der Waals surface area (Å²) in [5.74, 6) is -3.36. The largest absolute Gasteiger partial charge is 0.331 e. The number of nitrogens with one attached hydrogen (secondary N) is 1. The van der Waals surface area contributed by atoms with E-state index in [2.05, 4.69) is 5.32 Å². The highest BCUT2D eigenvalue weighted by Gasteiger charge is 2.43. The third-order valence-corrected chi connectivity index (χ3v) is 2.86. The van der Waals surface area contributed by atoms with Crippen LogP contribution >= 0.6 is 0 Å². The average molecular weight is 280 g/mol. The number of barbiturate groups is 1. The first-order valence-electron chi connectivity index (χ1n) is 6.56. The van der Waals surface area contributed by atoms with E-state index >= 15 is 0 Å². The van der Waals surface area contributed by atoms with Crippen LogP contribution in [0.2, 0.25) is 0 Å². The van der Waals surface area contributed by atoms with Crippen molar-refractivity contribution in [1.29, 1.82) is 0 Å². The van der Waals surface area contributed by atoms with E-state index in [1.807, 2.05) is 27.7 Å². The third-order valence-electron chi connectivity index (χ3n) is 2.86. The van der Waals surface area contributed by atoms with Crippen molar-refractivity contribution in [3.05, 3.63) is 11.6 Å². The summed E-state index contributed by atoms with van der Waals surface area (Å²) in [6.45, 7) is 7.38. The van der Waals surface area contributed by atoms with Crippen molar-refractivity contribution in [1.82, 2.24) is 10.2 Å². The minimum Gasteiger partial charge on any atom is -0.298 e. The van der Waals surface area contributed by atoms with Gasteiger partial charge in [-0.2, -0.15) is 0 Å². The van der Waals surface area contributed by atoms with Gasteiger partial charge in [0.25, 0.3) is 5.91 Å². The number of ketones is 1. The van der Waals surface area contributed by atoms with Crippen LogP contribution < -0.4 is 5.32 Å². The van der Waals surface area contributed by atoms with Gasteiger partial charge in [0.15, 0.2) is 11.7 Å². The number of allylic oxidation sites excluding steroid dienone is 1. The summed E-state index contributed by atoms with van der Waals surface area (Å²) in [5.41, 5.74) is 0.938. The molecule has 1 heterocycles. The van der Waals surface area contributed by atoms with E-state index in [0.717, 1.165) is 10.5 Å². The molecular weight excluding hydrogens is 260 g/mol. The molecule has 0 saturated carbocycles. The third kappa shape index (κ3) is 3.76. The zero-order chi connectivity index (χ0) is 15.4. The van der Waals surface area contributed by atoms with Gasteiger partial charge in [-0.1, -0.05) is 25.5 Å². The normalized spacial score (nSPS) is 19.1. The van der Waals surface area contributed by atoms with Crippen LogP contribution in [0.3, 0.4) is 0 Å². The SMILES string of the molecule is CC(C)=CCN1C(=O)NC(=O)C(C(=O)CC(C)C)C1=O. The van der Waals surface area contributed by atoms with Crippen LogP contribution in [0.4, 0.5) is 4.79 Å². The highest BCUT2D eigenvalue weighted by atomic mass is 16.2. The van der Waals surface area contributed by atoms with Crippen LogP contribution in [0.5, 0.6) is 0 Å². The molecule has 1 aliphatic heterocycles. The van der Waals surface area contributed by atoms with Crippen LogP contribution in [-0.2, 0) is 14.4 Å². The quantitative estimate of drug-likeness (QED) is 0.607. The van der Waals surface area contributed by atoms with Gasteiger partial charge >= 0.3 is 6.03 Å². The fraction of sp³-hybridized carbons (Fsp3) is 0.571. The summed E-state index contributed by atoms with van der Waals surface area (Å²) in [7, 11) is 0. The van der Waals surface area contributed by atoms with Crippen molar-refractivity contribution < 1.29 is 19.2 Å². The lowest BCUT2D eigenvalue weighted by molar-refractivity contribution is -0.147. The molecule has 1 fully saturated rings. The van der Waals surface area contributed by atoms with Crippen molar-refractivity contribution >= 4 is 23.6 Å². The molecule has 1 unspecified atom stereocenters. The fourth-order valence-corrected chi connectivity index (χ4v) is 1.86. The molecule has 0 bridgehead atoms. The van der Waals surface area contributed by atoms with E-state index in [1.54, 1.807) is 6.08 Å². The van der Waals surface area contributed by atoms with Gasteiger partial charge in [0.1, 0.15) is 0 Å². The van der Waals surface area contributed by atoms with Gasteiger partial charge in [0.05, 0.1) is 0 Å². The maximum Gasteiger partial charge on any atom is 0.331 e. The van der Waals surface area contributed by atoms with Gasteiger partial charge in [0.2, 0.25) is 5.91 Å². The lowest BCUT2D eigenvalue weighted by atomic mass is 9.93. The summed E-state index contributed by atoms with van der Waals surface area (Å²) < 4.78 is 0. The van der Waals surface area contributed by atoms with Crippen LogP contribution in [0.1, 0.15) is 34.1 Å². The first kappa shape index (κ1) is 16.1. The van der Waals surface area contributed by atoms with Crippen LogP contribution in [0, 0.1) is 11.8 Å². The van der Waals surface area contributed by atoms with Crippen molar-refractivity contribution in [2.24, 2.45) is 11.8 Å². The monoisotopic (exact) mass is 280 g/mol. The van der Waals surface area contributed by atoms with Gasteiger partial charge in [0, 0.05) is 13.0 Å². The zero-order valence-electron chi connectivity index (χ0n) is 12.2. The molecule has 4 amide bonds. The van der Waals surface area contributed by atoms with Crippen molar-refractivity contribution in [3.63, 3.8) is 0 Å². The van der Waals surface area contributed by atoms with Crippen LogP contribution in [-0.4, -0.2) is 35.1 Å². The first-order valence-corrected chi connectivity index (χ1v) is 6.56. The summed E-state index contributed by atoms with van der Waals surface area (Å²) in [5, 5.41) is 2.06. The Bertz CT molecular complexity index is 476. The number of amides is 4. The van der Waals surface area contributed by atoms with Crippen molar-refractivity contribution in [2.45, 2.75) is 34.1 Å². The maximum atomic E-state index is 12.2. The molecule has 1 atom stereocenters. The highest BCUT2D eigenvalue weighted by Crippen LogP contribution is 2.16. The van der Waals surface area contributed by atoms with Gasteiger partial charge in [-0.25, -0.2) is 4.79 Å². The predicted octanol–water partition coefficient (Wildman–Crippen LogP) is 1.26. The van der Waals surface area contributed by atoms with Crippen LogP contribution in [0.25, 0.3) is 0 Å². The average Bonchev–Trinajstić information content (AvgIpc) is 2.26.